The second-order valence-corrected chi connectivity index (χ2v) is 3.42. The van der Waals surface area contributed by atoms with Crippen LogP contribution in [-0.4, -0.2) is 12.2 Å². The second-order valence-electron chi connectivity index (χ2n) is 3.42. The summed E-state index contributed by atoms with van der Waals surface area (Å²) in [6.45, 7) is 11.7. The Bertz CT molecular complexity index is 210. The first-order chi connectivity index (χ1) is 6.76. The van der Waals surface area contributed by atoms with Gasteiger partial charge in [-0.25, -0.2) is 0 Å². The van der Waals surface area contributed by atoms with Crippen molar-refractivity contribution in [1.82, 2.24) is 0 Å². The van der Waals surface area contributed by atoms with Gasteiger partial charge in [0.05, 0.1) is 6.61 Å². The average Bonchev–Trinajstić information content (AvgIpc) is 2.51. The third-order valence-electron chi connectivity index (χ3n) is 2.17. The molecule has 1 aliphatic heterocycles. The van der Waals surface area contributed by atoms with E-state index in [4.69, 9.17) is 9.47 Å². The van der Waals surface area contributed by atoms with Crippen LogP contribution in [0, 0.1) is 6.29 Å². The summed E-state index contributed by atoms with van der Waals surface area (Å²) in [5, 5.41) is 0. The summed E-state index contributed by atoms with van der Waals surface area (Å²) in [4.78, 5) is 0. The summed E-state index contributed by atoms with van der Waals surface area (Å²) in [6.07, 6.45) is 8.33. The fourth-order valence-corrected chi connectivity index (χ4v) is 1.54. The molecule has 0 spiro atoms. The van der Waals surface area contributed by atoms with E-state index in [1.54, 1.807) is 6.08 Å². The van der Waals surface area contributed by atoms with Crippen LogP contribution in [0.5, 0.6) is 0 Å². The van der Waals surface area contributed by atoms with E-state index in [1.165, 1.54) is 0 Å². The monoisotopic (exact) mass is 193 g/mol. The lowest BCUT2D eigenvalue weighted by Gasteiger charge is -2.23. The number of ether oxygens (including phenoxy) is 2. The molecule has 1 saturated heterocycles. The van der Waals surface area contributed by atoms with E-state index in [0.29, 0.717) is 19.3 Å². The van der Waals surface area contributed by atoms with Crippen molar-refractivity contribution in [2.24, 2.45) is 0 Å². The van der Waals surface area contributed by atoms with Crippen LogP contribution in [0.3, 0.4) is 0 Å². The van der Waals surface area contributed by atoms with E-state index in [2.05, 4.69) is 19.7 Å². The van der Waals surface area contributed by atoms with E-state index < -0.39 is 0 Å². The first-order valence-corrected chi connectivity index (χ1v) is 4.76. The van der Waals surface area contributed by atoms with Crippen LogP contribution in [0.25, 0.3) is 0 Å². The van der Waals surface area contributed by atoms with Crippen LogP contribution >= 0.6 is 0 Å². The number of hydrogen-bond acceptors (Lipinski definition) is 2. The standard InChI is InChI=1S/C12H17O2/c1-4-7-11-13-10-12(14-11,8-5-2)9-6-3/h4-6H,1-3,7-10H2. The van der Waals surface area contributed by atoms with Gasteiger partial charge in [-0.3, -0.25) is 0 Å². The van der Waals surface area contributed by atoms with Crippen LogP contribution in [0.4, 0.5) is 0 Å². The lowest BCUT2D eigenvalue weighted by molar-refractivity contribution is 0.000258. The lowest BCUT2D eigenvalue weighted by Crippen LogP contribution is -2.30. The van der Waals surface area contributed by atoms with Gasteiger partial charge in [0.1, 0.15) is 5.60 Å². The van der Waals surface area contributed by atoms with Crippen molar-refractivity contribution in [3.05, 3.63) is 44.3 Å². The largest absolute Gasteiger partial charge is 0.342 e. The predicted molar refractivity (Wildman–Crippen MR) is 57.5 cm³/mol. The summed E-state index contributed by atoms with van der Waals surface area (Å²) >= 11 is 0. The van der Waals surface area contributed by atoms with E-state index in [1.807, 2.05) is 12.2 Å². The SMILES string of the molecule is C=CC[C]1OCC(CC=C)(CC=C)O1. The third kappa shape index (κ3) is 2.56. The Hall–Kier alpha value is -0.860. The molecule has 0 aliphatic carbocycles. The van der Waals surface area contributed by atoms with E-state index >= 15 is 0 Å². The Morgan fingerprint density at radius 2 is 1.79 bits per heavy atom. The molecular formula is C12H17O2. The molecule has 14 heavy (non-hydrogen) atoms. The molecule has 1 aliphatic rings. The maximum absolute atomic E-state index is 5.75. The molecule has 1 rings (SSSR count). The number of rotatable bonds is 6. The van der Waals surface area contributed by atoms with Gasteiger partial charge in [0.2, 0.25) is 6.29 Å². The molecule has 2 nitrogen and oxygen atoms in total. The highest BCUT2D eigenvalue weighted by atomic mass is 16.7. The molecule has 0 atom stereocenters. The molecule has 0 aromatic heterocycles. The van der Waals surface area contributed by atoms with Crippen LogP contribution in [0.2, 0.25) is 0 Å². The zero-order chi connectivity index (χ0) is 10.4. The molecule has 0 unspecified atom stereocenters. The maximum Gasteiger partial charge on any atom is 0.228 e. The molecule has 1 radical (unpaired) electrons. The molecule has 77 valence electrons. The quantitative estimate of drug-likeness (QED) is 0.604. The Morgan fingerprint density at radius 1 is 1.14 bits per heavy atom. The third-order valence-corrected chi connectivity index (χ3v) is 2.17. The Kier molecular flexibility index (Phi) is 4.11. The van der Waals surface area contributed by atoms with Crippen molar-refractivity contribution in [3.63, 3.8) is 0 Å². The topological polar surface area (TPSA) is 18.5 Å². The Morgan fingerprint density at radius 3 is 2.29 bits per heavy atom. The van der Waals surface area contributed by atoms with Crippen molar-refractivity contribution in [1.29, 1.82) is 0 Å². The zero-order valence-corrected chi connectivity index (χ0v) is 8.50. The minimum absolute atomic E-state index is 0.276. The van der Waals surface area contributed by atoms with E-state index in [0.717, 1.165) is 12.8 Å². The van der Waals surface area contributed by atoms with Crippen molar-refractivity contribution < 1.29 is 9.47 Å². The molecule has 0 saturated carbocycles. The highest BCUT2D eigenvalue weighted by molar-refractivity contribution is 5.00. The first kappa shape index (κ1) is 11.2. The highest BCUT2D eigenvalue weighted by Crippen LogP contribution is 2.35. The van der Waals surface area contributed by atoms with Gasteiger partial charge >= 0.3 is 0 Å². The molecular weight excluding hydrogens is 176 g/mol. The summed E-state index contributed by atoms with van der Waals surface area (Å²) in [7, 11) is 0. The summed E-state index contributed by atoms with van der Waals surface area (Å²) in [6, 6.07) is 0. The van der Waals surface area contributed by atoms with Crippen molar-refractivity contribution in [2.75, 3.05) is 6.61 Å². The first-order valence-electron chi connectivity index (χ1n) is 4.76. The summed E-state index contributed by atoms with van der Waals surface area (Å²) in [5.41, 5.74) is -0.276. The van der Waals surface area contributed by atoms with Gasteiger partial charge in [-0.15, -0.1) is 19.7 Å². The molecule has 0 amide bonds. The smallest absolute Gasteiger partial charge is 0.228 e. The predicted octanol–water partition coefficient (Wildman–Crippen LogP) is 2.99. The lowest BCUT2D eigenvalue weighted by atomic mass is 9.97. The van der Waals surface area contributed by atoms with Gasteiger partial charge in [0.25, 0.3) is 0 Å². The minimum atomic E-state index is -0.276. The van der Waals surface area contributed by atoms with Crippen molar-refractivity contribution >= 4 is 0 Å². The van der Waals surface area contributed by atoms with Crippen LogP contribution in [-0.2, 0) is 9.47 Å². The van der Waals surface area contributed by atoms with Gasteiger partial charge in [0, 0.05) is 6.42 Å². The van der Waals surface area contributed by atoms with Gasteiger partial charge in [0.15, 0.2) is 0 Å². The molecule has 0 bridgehead atoms. The maximum atomic E-state index is 5.75. The number of hydrogen-bond donors (Lipinski definition) is 0. The molecule has 0 aromatic rings. The second kappa shape index (κ2) is 5.13. The van der Waals surface area contributed by atoms with Crippen LogP contribution in [0.1, 0.15) is 19.3 Å². The average molecular weight is 193 g/mol. The Balaban J connectivity index is 2.57. The van der Waals surface area contributed by atoms with Gasteiger partial charge in [-0.05, 0) is 12.8 Å². The molecule has 0 aromatic carbocycles. The van der Waals surface area contributed by atoms with Crippen molar-refractivity contribution in [2.45, 2.75) is 24.9 Å². The summed E-state index contributed by atoms with van der Waals surface area (Å²) in [5.74, 6) is 0. The molecule has 1 fully saturated rings. The zero-order valence-electron chi connectivity index (χ0n) is 8.50. The van der Waals surface area contributed by atoms with E-state index in [9.17, 15) is 0 Å². The van der Waals surface area contributed by atoms with Gasteiger partial charge in [-0.2, -0.15) is 0 Å². The van der Waals surface area contributed by atoms with Gasteiger partial charge in [-0.1, -0.05) is 18.2 Å². The fraction of sp³-hybridized carbons (Fsp3) is 0.417. The van der Waals surface area contributed by atoms with Crippen LogP contribution < -0.4 is 0 Å². The van der Waals surface area contributed by atoms with E-state index in [-0.39, 0.29) is 5.60 Å². The fourth-order valence-electron chi connectivity index (χ4n) is 1.54. The molecule has 0 N–H and O–H groups in total. The normalized spacial score (nSPS) is 20.6. The Labute approximate surface area is 85.9 Å². The summed E-state index contributed by atoms with van der Waals surface area (Å²) < 4.78 is 11.2. The highest BCUT2D eigenvalue weighted by Gasteiger charge is 2.39. The van der Waals surface area contributed by atoms with Crippen LogP contribution in [0.15, 0.2) is 38.0 Å². The van der Waals surface area contributed by atoms with Gasteiger partial charge < -0.3 is 9.47 Å². The molecule has 1 heterocycles. The molecule has 2 heteroatoms. The van der Waals surface area contributed by atoms with Crippen molar-refractivity contribution in [3.8, 4) is 0 Å². The minimum Gasteiger partial charge on any atom is -0.342 e.